The predicted octanol–water partition coefficient (Wildman–Crippen LogP) is 3.66. The second-order valence-corrected chi connectivity index (χ2v) is 6.70. The van der Waals surface area contributed by atoms with Crippen molar-refractivity contribution in [1.29, 1.82) is 0 Å². The van der Waals surface area contributed by atoms with E-state index in [4.69, 9.17) is 4.74 Å². The Labute approximate surface area is 111 Å². The summed E-state index contributed by atoms with van der Waals surface area (Å²) in [5, 5.41) is 3.77. The molecule has 1 heterocycles. The van der Waals surface area contributed by atoms with Crippen LogP contribution in [0.25, 0.3) is 0 Å². The van der Waals surface area contributed by atoms with Crippen molar-refractivity contribution in [2.75, 3.05) is 6.61 Å². The van der Waals surface area contributed by atoms with Crippen LogP contribution in [0.5, 0.6) is 5.75 Å². The van der Waals surface area contributed by atoms with Crippen LogP contribution in [-0.4, -0.2) is 12.6 Å². The molecule has 17 heavy (non-hydrogen) atoms. The van der Waals surface area contributed by atoms with Crippen molar-refractivity contribution >= 4 is 15.9 Å². The molecule has 2 aliphatic rings. The van der Waals surface area contributed by atoms with Gasteiger partial charge in [-0.2, -0.15) is 0 Å². The quantitative estimate of drug-likeness (QED) is 0.899. The summed E-state index contributed by atoms with van der Waals surface area (Å²) in [6.07, 6.45) is 2.35. The summed E-state index contributed by atoms with van der Waals surface area (Å²) >= 11 is 3.54. The van der Waals surface area contributed by atoms with E-state index in [-0.39, 0.29) is 0 Å². The number of halogens is 1. The molecular formula is C14H18BrNO. The van der Waals surface area contributed by atoms with Crippen LogP contribution < -0.4 is 10.1 Å². The number of nitrogens with one attached hydrogen (secondary N) is 1. The van der Waals surface area contributed by atoms with Crippen molar-refractivity contribution in [1.82, 2.24) is 5.32 Å². The molecule has 1 fully saturated rings. The molecule has 2 nitrogen and oxygen atoms in total. The highest BCUT2D eigenvalue weighted by molar-refractivity contribution is 9.10. The molecule has 1 aromatic rings. The molecule has 0 saturated heterocycles. The topological polar surface area (TPSA) is 21.3 Å². The molecule has 0 spiro atoms. The Bertz CT molecular complexity index is 444. The molecule has 2 unspecified atom stereocenters. The minimum atomic E-state index is 0.447. The van der Waals surface area contributed by atoms with Gasteiger partial charge >= 0.3 is 0 Å². The van der Waals surface area contributed by atoms with Crippen LogP contribution >= 0.6 is 15.9 Å². The summed E-state index contributed by atoms with van der Waals surface area (Å²) in [6, 6.07) is 7.40. The van der Waals surface area contributed by atoms with Crippen LogP contribution in [0.4, 0.5) is 0 Å². The Kier molecular flexibility index (Phi) is 2.71. The van der Waals surface area contributed by atoms with Crippen LogP contribution in [-0.2, 0) is 0 Å². The molecule has 3 rings (SSSR count). The normalized spacial score (nSPS) is 29.4. The van der Waals surface area contributed by atoms with E-state index < -0.39 is 0 Å². The second-order valence-electron chi connectivity index (χ2n) is 5.78. The van der Waals surface area contributed by atoms with Gasteiger partial charge in [0.15, 0.2) is 0 Å². The van der Waals surface area contributed by atoms with Crippen LogP contribution in [0.2, 0.25) is 0 Å². The van der Waals surface area contributed by atoms with E-state index in [0.29, 0.717) is 17.5 Å². The number of hydrogen-bond donors (Lipinski definition) is 1. The summed E-state index contributed by atoms with van der Waals surface area (Å²) in [5.74, 6) is 1.04. The minimum absolute atomic E-state index is 0.447. The molecule has 3 heteroatoms. The van der Waals surface area contributed by atoms with Gasteiger partial charge in [-0.25, -0.2) is 0 Å². The maximum absolute atomic E-state index is 5.70. The van der Waals surface area contributed by atoms with Crippen LogP contribution in [0.15, 0.2) is 22.7 Å². The fourth-order valence-corrected chi connectivity index (χ4v) is 2.91. The van der Waals surface area contributed by atoms with E-state index >= 15 is 0 Å². The lowest BCUT2D eigenvalue weighted by Gasteiger charge is -2.27. The van der Waals surface area contributed by atoms with Crippen LogP contribution in [0, 0.1) is 5.41 Å². The molecule has 0 radical (unpaired) electrons. The zero-order valence-electron chi connectivity index (χ0n) is 10.3. The Hall–Kier alpha value is -0.540. The predicted molar refractivity (Wildman–Crippen MR) is 72.3 cm³/mol. The fraction of sp³-hybridized carbons (Fsp3) is 0.571. The zero-order valence-corrected chi connectivity index (χ0v) is 11.9. The Balaban J connectivity index is 1.81. The van der Waals surface area contributed by atoms with E-state index in [1.165, 1.54) is 12.0 Å². The highest BCUT2D eigenvalue weighted by Gasteiger charge is 2.46. The molecule has 2 atom stereocenters. The number of hydrogen-bond acceptors (Lipinski definition) is 2. The van der Waals surface area contributed by atoms with Crippen molar-refractivity contribution in [2.24, 2.45) is 5.41 Å². The lowest BCUT2D eigenvalue weighted by atomic mass is 10.00. The third-order valence-electron chi connectivity index (χ3n) is 3.93. The molecule has 0 amide bonds. The third-order valence-corrected chi connectivity index (χ3v) is 4.42. The zero-order chi connectivity index (χ0) is 12.0. The average molecular weight is 296 g/mol. The van der Waals surface area contributed by atoms with Gasteiger partial charge in [0.25, 0.3) is 0 Å². The van der Waals surface area contributed by atoms with Gasteiger partial charge in [0.2, 0.25) is 0 Å². The summed E-state index contributed by atoms with van der Waals surface area (Å²) in [5.41, 5.74) is 1.78. The number of rotatable bonds is 2. The number of ether oxygens (including phenoxy) is 1. The Morgan fingerprint density at radius 3 is 2.88 bits per heavy atom. The first-order chi connectivity index (χ1) is 8.06. The molecule has 0 aromatic heterocycles. The van der Waals surface area contributed by atoms with Crippen molar-refractivity contribution < 1.29 is 4.74 Å². The Morgan fingerprint density at radius 1 is 1.41 bits per heavy atom. The maximum atomic E-state index is 5.70. The maximum Gasteiger partial charge on any atom is 0.124 e. The van der Waals surface area contributed by atoms with Crippen molar-refractivity contribution in [3.63, 3.8) is 0 Å². The van der Waals surface area contributed by atoms with Crippen molar-refractivity contribution in [2.45, 2.75) is 38.8 Å². The molecule has 92 valence electrons. The monoisotopic (exact) mass is 295 g/mol. The highest BCUT2D eigenvalue weighted by atomic mass is 79.9. The van der Waals surface area contributed by atoms with Gasteiger partial charge in [-0.15, -0.1) is 0 Å². The lowest BCUT2D eigenvalue weighted by Crippen LogP contribution is -2.30. The highest BCUT2D eigenvalue weighted by Crippen LogP contribution is 2.47. The van der Waals surface area contributed by atoms with Gasteiger partial charge in [-0.05, 0) is 30.0 Å². The molecular weight excluding hydrogens is 278 g/mol. The summed E-state index contributed by atoms with van der Waals surface area (Å²) in [6.45, 7) is 5.47. The van der Waals surface area contributed by atoms with Crippen molar-refractivity contribution in [3.8, 4) is 5.75 Å². The molecule has 1 aromatic carbocycles. The van der Waals surface area contributed by atoms with E-state index in [2.05, 4.69) is 47.2 Å². The number of benzene rings is 1. The third kappa shape index (κ3) is 2.23. The molecule has 1 aliphatic carbocycles. The summed E-state index contributed by atoms with van der Waals surface area (Å²) < 4.78 is 6.83. The van der Waals surface area contributed by atoms with Gasteiger partial charge in [-0.1, -0.05) is 29.8 Å². The van der Waals surface area contributed by atoms with Gasteiger partial charge in [0, 0.05) is 28.5 Å². The van der Waals surface area contributed by atoms with E-state index in [1.807, 2.05) is 6.07 Å². The van der Waals surface area contributed by atoms with Gasteiger partial charge < -0.3 is 10.1 Å². The minimum Gasteiger partial charge on any atom is -0.493 e. The van der Waals surface area contributed by atoms with Gasteiger partial charge in [0.05, 0.1) is 6.61 Å². The summed E-state index contributed by atoms with van der Waals surface area (Å²) in [4.78, 5) is 0. The first-order valence-electron chi connectivity index (χ1n) is 6.24. The van der Waals surface area contributed by atoms with Gasteiger partial charge in [0.1, 0.15) is 5.75 Å². The molecule has 0 bridgehead atoms. The molecule has 1 aliphatic heterocycles. The summed E-state index contributed by atoms with van der Waals surface area (Å²) in [7, 11) is 0. The smallest absolute Gasteiger partial charge is 0.124 e. The molecule has 1 saturated carbocycles. The SMILES string of the molecule is CC1(C)CC1NC1CCOc2ccc(Br)cc21. The largest absolute Gasteiger partial charge is 0.493 e. The van der Waals surface area contributed by atoms with E-state index in [9.17, 15) is 0 Å². The lowest BCUT2D eigenvalue weighted by molar-refractivity contribution is 0.249. The average Bonchev–Trinajstić information content (AvgIpc) is 2.87. The fourth-order valence-electron chi connectivity index (χ4n) is 2.53. The standard InChI is InChI=1S/C14H18BrNO/c1-14(2)8-13(14)16-11-5-6-17-12-4-3-9(15)7-10(11)12/h3-4,7,11,13,16H,5-6,8H2,1-2H3. The van der Waals surface area contributed by atoms with Crippen LogP contribution in [0.1, 0.15) is 38.3 Å². The first kappa shape index (κ1) is 11.5. The number of fused-ring (bicyclic) bond motifs is 1. The van der Waals surface area contributed by atoms with E-state index in [1.54, 1.807) is 0 Å². The second kappa shape index (κ2) is 3.99. The van der Waals surface area contributed by atoms with Crippen molar-refractivity contribution in [3.05, 3.63) is 28.2 Å². The van der Waals surface area contributed by atoms with Gasteiger partial charge in [-0.3, -0.25) is 0 Å². The van der Waals surface area contributed by atoms with Crippen LogP contribution in [0.3, 0.4) is 0 Å². The first-order valence-corrected chi connectivity index (χ1v) is 7.04. The Morgan fingerprint density at radius 2 is 2.18 bits per heavy atom. The molecule has 1 N–H and O–H groups in total. The van der Waals surface area contributed by atoms with E-state index in [0.717, 1.165) is 23.2 Å².